The number of unbranched alkanes of at least 4 members (excludes halogenated alkanes) is 1. The number of aliphatic hydroxyl groups is 1. The normalized spacial score (nSPS) is 10.3. The van der Waals surface area contributed by atoms with Crippen molar-refractivity contribution in [1.29, 1.82) is 0 Å². The average molecular weight is 624 g/mol. The Morgan fingerprint density at radius 1 is 1.02 bits per heavy atom. The third-order valence-electron chi connectivity index (χ3n) is 5.34. The number of nitrogens with zero attached hydrogens (tertiary/aromatic N) is 1. The molecule has 0 spiro atoms. The highest BCUT2D eigenvalue weighted by molar-refractivity contribution is 5.96. The Morgan fingerprint density at radius 3 is 1.93 bits per heavy atom. The first-order valence-corrected chi connectivity index (χ1v) is 15.0. The van der Waals surface area contributed by atoms with Gasteiger partial charge in [0.1, 0.15) is 11.9 Å². The SMILES string of the molecule is C=CCNC(=O)CN(CC(C)(F)F)C(=O)C(O)CCCC.CC.CC.CNC(=O)c1cc(C)cc(O)c1C.c1ccccc1. The number of aryl methyl sites for hydroxylation is 1. The number of benzene rings is 2. The standard InChI is InChI=1S/C14H24F2N2O3.C10H13NO2.C6H6.2C2H6/c1-4-6-7-11(19)13(21)18(10-14(3,15)16)9-12(20)17-8-5-2;1-6-4-8(10(13)11-3)7(2)9(12)5-6;1-2-4-6-5-3-1;2*1-2/h5,11,19H,2,4,6-10H2,1,3H3,(H,17,20);4-5,12H,1-3H3,(H,11,13);1-6H;2*1-2H3. The number of phenolic OH excluding ortho intramolecular Hbond substituents is 1. The van der Waals surface area contributed by atoms with Crippen molar-refractivity contribution in [3.8, 4) is 5.75 Å². The number of halogens is 2. The predicted octanol–water partition coefficient (Wildman–Crippen LogP) is 6.43. The third-order valence-corrected chi connectivity index (χ3v) is 5.34. The molecule has 44 heavy (non-hydrogen) atoms. The summed E-state index contributed by atoms with van der Waals surface area (Å²) in [5.41, 5.74) is 2.02. The zero-order valence-electron chi connectivity index (χ0n) is 28.0. The van der Waals surface area contributed by atoms with Crippen LogP contribution >= 0.6 is 0 Å². The fourth-order valence-corrected chi connectivity index (χ4v) is 3.29. The Kier molecular flexibility index (Phi) is 27.2. The predicted molar refractivity (Wildman–Crippen MR) is 176 cm³/mol. The van der Waals surface area contributed by atoms with Gasteiger partial charge in [0.05, 0.1) is 13.1 Å². The summed E-state index contributed by atoms with van der Waals surface area (Å²) in [6.07, 6.45) is 1.64. The van der Waals surface area contributed by atoms with Gasteiger partial charge in [0.15, 0.2) is 0 Å². The van der Waals surface area contributed by atoms with Crippen molar-refractivity contribution >= 4 is 17.7 Å². The lowest BCUT2D eigenvalue weighted by molar-refractivity contribution is -0.148. The summed E-state index contributed by atoms with van der Waals surface area (Å²) in [5.74, 6) is -4.57. The van der Waals surface area contributed by atoms with Gasteiger partial charge in [0.2, 0.25) is 5.91 Å². The van der Waals surface area contributed by atoms with E-state index in [2.05, 4.69) is 17.2 Å². The molecule has 0 fully saturated rings. The summed E-state index contributed by atoms with van der Waals surface area (Å²) in [4.78, 5) is 35.5. The molecule has 0 aliphatic carbocycles. The first-order chi connectivity index (χ1) is 20.8. The number of phenols is 1. The largest absolute Gasteiger partial charge is 0.508 e. The quantitative estimate of drug-likeness (QED) is 0.215. The van der Waals surface area contributed by atoms with Crippen LogP contribution in [0.2, 0.25) is 0 Å². The van der Waals surface area contributed by atoms with Crippen LogP contribution in [0.1, 0.15) is 82.3 Å². The number of aromatic hydroxyl groups is 1. The minimum absolute atomic E-state index is 0.165. The van der Waals surface area contributed by atoms with Crippen LogP contribution in [-0.2, 0) is 9.59 Å². The lowest BCUT2D eigenvalue weighted by atomic mass is 10.0. The second-order valence-electron chi connectivity index (χ2n) is 9.21. The molecule has 0 radical (unpaired) electrons. The molecule has 1 unspecified atom stereocenters. The first-order valence-electron chi connectivity index (χ1n) is 15.0. The molecule has 0 heterocycles. The Labute approximate surface area is 263 Å². The molecule has 3 amide bonds. The monoisotopic (exact) mass is 623 g/mol. The topological polar surface area (TPSA) is 119 Å². The lowest BCUT2D eigenvalue weighted by Crippen LogP contribution is -2.49. The van der Waals surface area contributed by atoms with E-state index in [1.807, 2.05) is 77.9 Å². The molecule has 4 N–H and O–H groups in total. The van der Waals surface area contributed by atoms with Crippen molar-refractivity contribution in [1.82, 2.24) is 15.5 Å². The summed E-state index contributed by atoms with van der Waals surface area (Å²) in [6.45, 7) is 16.3. The molecule has 0 aliphatic rings. The van der Waals surface area contributed by atoms with Gasteiger partial charge in [-0.15, -0.1) is 6.58 Å². The van der Waals surface area contributed by atoms with Crippen molar-refractivity contribution in [3.05, 3.63) is 77.9 Å². The smallest absolute Gasteiger partial charge is 0.262 e. The number of hydrogen-bond acceptors (Lipinski definition) is 5. The molecule has 0 saturated carbocycles. The molecular weight excluding hydrogens is 568 g/mol. The van der Waals surface area contributed by atoms with E-state index in [-0.39, 0.29) is 24.6 Å². The van der Waals surface area contributed by atoms with Crippen molar-refractivity contribution in [2.45, 2.75) is 86.7 Å². The second kappa shape index (κ2) is 26.8. The van der Waals surface area contributed by atoms with Crippen LogP contribution in [0.25, 0.3) is 0 Å². The summed E-state index contributed by atoms with van der Waals surface area (Å²) in [5, 5.41) is 24.1. The van der Waals surface area contributed by atoms with E-state index >= 15 is 0 Å². The van der Waals surface area contributed by atoms with Crippen molar-refractivity contribution in [2.75, 3.05) is 26.7 Å². The van der Waals surface area contributed by atoms with E-state index in [4.69, 9.17) is 0 Å². The number of nitrogens with one attached hydrogen (secondary N) is 2. The Bertz CT molecular complexity index is 1030. The van der Waals surface area contributed by atoms with Crippen LogP contribution in [0, 0.1) is 13.8 Å². The molecule has 2 rings (SSSR count). The number of rotatable bonds is 11. The minimum Gasteiger partial charge on any atom is -0.508 e. The fraction of sp³-hybridized carbons (Fsp3) is 0.500. The van der Waals surface area contributed by atoms with Crippen LogP contribution in [0.15, 0.2) is 61.2 Å². The van der Waals surface area contributed by atoms with Gasteiger partial charge < -0.3 is 25.7 Å². The number of amides is 3. The van der Waals surface area contributed by atoms with Crippen LogP contribution in [-0.4, -0.2) is 71.5 Å². The highest BCUT2D eigenvalue weighted by Gasteiger charge is 2.32. The molecule has 2 aromatic carbocycles. The molecule has 0 saturated heterocycles. The van der Waals surface area contributed by atoms with E-state index in [1.54, 1.807) is 26.1 Å². The van der Waals surface area contributed by atoms with Gasteiger partial charge in [0.25, 0.3) is 17.7 Å². The molecule has 250 valence electrons. The molecule has 0 aliphatic heterocycles. The Morgan fingerprint density at radius 2 is 1.52 bits per heavy atom. The van der Waals surface area contributed by atoms with Crippen LogP contribution in [0.5, 0.6) is 5.75 Å². The Hall–Kier alpha value is -3.79. The van der Waals surface area contributed by atoms with E-state index in [0.29, 0.717) is 29.4 Å². The zero-order valence-corrected chi connectivity index (χ0v) is 28.0. The van der Waals surface area contributed by atoms with E-state index in [0.717, 1.165) is 12.0 Å². The van der Waals surface area contributed by atoms with Gasteiger partial charge in [-0.25, -0.2) is 8.78 Å². The molecule has 0 aromatic heterocycles. The van der Waals surface area contributed by atoms with Crippen molar-refractivity contribution in [3.63, 3.8) is 0 Å². The zero-order chi connectivity index (χ0) is 34.7. The van der Waals surface area contributed by atoms with Crippen LogP contribution in [0.3, 0.4) is 0 Å². The summed E-state index contributed by atoms with van der Waals surface area (Å²) in [7, 11) is 1.57. The van der Waals surface area contributed by atoms with Crippen LogP contribution in [0.4, 0.5) is 8.78 Å². The van der Waals surface area contributed by atoms with Crippen molar-refractivity contribution in [2.24, 2.45) is 0 Å². The van der Waals surface area contributed by atoms with Gasteiger partial charge >= 0.3 is 0 Å². The average Bonchev–Trinajstić information content (AvgIpc) is 3.02. The molecule has 10 heteroatoms. The second-order valence-corrected chi connectivity index (χ2v) is 9.21. The van der Waals surface area contributed by atoms with Gasteiger partial charge in [-0.05, 0) is 38.0 Å². The number of aliphatic hydroxyl groups excluding tert-OH is 1. The number of carbonyl (C=O) groups excluding carboxylic acids is 3. The van der Waals surface area contributed by atoms with Gasteiger partial charge in [-0.1, -0.05) is 89.9 Å². The molecule has 1 atom stereocenters. The lowest BCUT2D eigenvalue weighted by Gasteiger charge is -2.27. The maximum Gasteiger partial charge on any atom is 0.262 e. The molecule has 2 aromatic rings. The van der Waals surface area contributed by atoms with E-state index < -0.39 is 36.9 Å². The number of hydrogen-bond donors (Lipinski definition) is 4. The fourth-order valence-electron chi connectivity index (χ4n) is 3.29. The molecule has 0 bridgehead atoms. The minimum atomic E-state index is -3.14. The van der Waals surface area contributed by atoms with Gasteiger partial charge in [-0.3, -0.25) is 14.4 Å². The summed E-state index contributed by atoms with van der Waals surface area (Å²) < 4.78 is 26.3. The van der Waals surface area contributed by atoms with Gasteiger partial charge in [0, 0.05) is 31.6 Å². The molecular formula is C34H55F2N3O5. The van der Waals surface area contributed by atoms with Gasteiger partial charge in [-0.2, -0.15) is 0 Å². The maximum atomic E-state index is 13.1. The third kappa shape index (κ3) is 21.8. The molecule has 8 nitrogen and oxygen atoms in total. The van der Waals surface area contributed by atoms with Crippen LogP contribution < -0.4 is 10.6 Å². The highest BCUT2D eigenvalue weighted by atomic mass is 19.3. The number of carbonyl (C=O) groups is 3. The van der Waals surface area contributed by atoms with Crippen molar-refractivity contribution < 1.29 is 33.4 Å². The Balaban J connectivity index is -0.000000613. The summed E-state index contributed by atoms with van der Waals surface area (Å²) >= 11 is 0. The summed E-state index contributed by atoms with van der Waals surface area (Å²) in [6, 6.07) is 15.4. The maximum absolute atomic E-state index is 13.1. The van der Waals surface area contributed by atoms with E-state index in [1.165, 1.54) is 6.08 Å². The van der Waals surface area contributed by atoms with E-state index in [9.17, 15) is 33.4 Å². The first kappa shape index (κ1) is 44.6. The highest BCUT2D eigenvalue weighted by Crippen LogP contribution is 2.22. The number of alkyl halides is 2.